The van der Waals surface area contributed by atoms with Gasteiger partial charge in [0.15, 0.2) is 6.29 Å². The summed E-state index contributed by atoms with van der Waals surface area (Å²) in [4.78, 5) is 6.81. The molecule has 2 N–H and O–H groups in total. The number of hydrogen-bond acceptors (Lipinski definition) is 5. The van der Waals surface area contributed by atoms with Crippen LogP contribution < -0.4 is 0 Å². The minimum Gasteiger partial charge on any atom is -0.383 e. The number of likely N-dealkylation sites (N-methyl/N-ethyl adjacent to an activating group) is 1. The van der Waals surface area contributed by atoms with Gasteiger partial charge in [-0.05, 0) is 67.0 Å². The minimum atomic E-state index is -1.27. The molecule has 2 aromatic rings. The van der Waals surface area contributed by atoms with Gasteiger partial charge in [-0.2, -0.15) is 0 Å². The lowest BCUT2D eigenvalue weighted by atomic mass is 9.84. The molecule has 2 atom stereocenters. The summed E-state index contributed by atoms with van der Waals surface area (Å²) in [6, 6.07) is 1.53. The van der Waals surface area contributed by atoms with Crippen molar-refractivity contribution in [1.29, 1.82) is 0 Å². The van der Waals surface area contributed by atoms with Crippen molar-refractivity contribution in [3.8, 4) is 0 Å². The number of hydrogen-bond donors (Lipinski definition) is 2. The Morgan fingerprint density at radius 2 is 1.90 bits per heavy atom. The number of aliphatic hydroxyl groups excluding tert-OH is 2. The highest BCUT2D eigenvalue weighted by atomic mass is 19.1. The van der Waals surface area contributed by atoms with Crippen LogP contribution in [0.1, 0.15) is 34.4 Å². The Bertz CT molecular complexity index is 1180. The third kappa shape index (κ3) is 2.61. The zero-order chi connectivity index (χ0) is 21.3. The molecule has 0 saturated carbocycles. The maximum atomic E-state index is 14.6. The normalized spacial score (nSPS) is 23.7. The maximum Gasteiger partial charge on any atom is 0.185 e. The van der Waals surface area contributed by atoms with Crippen LogP contribution in [0.3, 0.4) is 0 Å². The van der Waals surface area contributed by atoms with Gasteiger partial charge >= 0.3 is 0 Å². The second-order valence-electron chi connectivity index (χ2n) is 8.39. The van der Waals surface area contributed by atoms with Crippen molar-refractivity contribution >= 4 is 16.6 Å². The summed E-state index contributed by atoms with van der Waals surface area (Å²) in [5.41, 5.74) is 8.30. The molecule has 0 fully saturated rings. The summed E-state index contributed by atoms with van der Waals surface area (Å²) in [5.74, 6) is -0.226. The molecular weight excluding hydrogens is 383 g/mol. The third-order valence-corrected chi connectivity index (χ3v) is 6.81. The largest absolute Gasteiger partial charge is 0.383 e. The highest BCUT2D eigenvalue weighted by Crippen LogP contribution is 2.41. The lowest BCUT2D eigenvalue weighted by molar-refractivity contribution is -0.152. The maximum absolute atomic E-state index is 14.6. The smallest absolute Gasteiger partial charge is 0.185 e. The van der Waals surface area contributed by atoms with Gasteiger partial charge in [0.1, 0.15) is 11.9 Å². The molecule has 2 aliphatic heterocycles. The van der Waals surface area contributed by atoms with Crippen molar-refractivity contribution in [3.63, 3.8) is 0 Å². The average Bonchev–Trinajstić information content (AvgIpc) is 2.73. The van der Waals surface area contributed by atoms with E-state index < -0.39 is 12.4 Å². The highest BCUT2D eigenvalue weighted by Gasteiger charge is 2.35. The van der Waals surface area contributed by atoms with Crippen molar-refractivity contribution in [1.82, 2.24) is 9.88 Å². The Labute approximate surface area is 174 Å². The Hall–Kier alpha value is -2.54. The average molecular weight is 408 g/mol. The lowest BCUT2D eigenvalue weighted by Gasteiger charge is -2.37. The van der Waals surface area contributed by atoms with E-state index in [1.54, 1.807) is 0 Å². The quantitative estimate of drug-likeness (QED) is 0.758. The number of nitrogens with zero attached hydrogens (tertiary/aromatic N) is 2. The molecule has 0 spiro atoms. The summed E-state index contributed by atoms with van der Waals surface area (Å²) in [6.45, 7) is 8.25. The number of aryl methyl sites for hydroxylation is 2. The minimum absolute atomic E-state index is 0.184. The molecule has 156 valence electrons. The Balaban J connectivity index is 1.77. The van der Waals surface area contributed by atoms with E-state index in [0.717, 1.165) is 52.7 Å². The van der Waals surface area contributed by atoms with Crippen molar-refractivity contribution in [2.45, 2.75) is 45.5 Å². The van der Waals surface area contributed by atoms with E-state index in [-0.39, 0.29) is 12.4 Å². The molecule has 1 aromatic carbocycles. The van der Waals surface area contributed by atoms with Crippen LogP contribution in [0.25, 0.3) is 16.6 Å². The van der Waals surface area contributed by atoms with Gasteiger partial charge in [-0.3, -0.25) is 0 Å². The van der Waals surface area contributed by atoms with E-state index in [2.05, 4.69) is 13.5 Å². The first kappa shape index (κ1) is 19.4. The number of benzene rings is 1. The zero-order valence-corrected chi connectivity index (χ0v) is 17.4. The Morgan fingerprint density at radius 1 is 1.20 bits per heavy atom. The zero-order valence-electron chi connectivity index (χ0n) is 17.4. The van der Waals surface area contributed by atoms with Crippen molar-refractivity contribution in [2.75, 3.05) is 13.7 Å². The first-order chi connectivity index (χ1) is 14.3. The number of aliphatic hydroxyl groups is 2. The summed E-state index contributed by atoms with van der Waals surface area (Å²) in [6.07, 6.45) is 2.20. The molecule has 6 heteroatoms. The first-order valence-electron chi connectivity index (χ1n) is 10.3. The number of aromatic nitrogens is 1. The molecule has 3 aliphatic rings. The number of pyridine rings is 1. The molecule has 30 heavy (non-hydrogen) atoms. The van der Waals surface area contributed by atoms with Crippen LogP contribution in [0, 0.1) is 19.7 Å². The van der Waals surface area contributed by atoms with Crippen molar-refractivity contribution in [3.05, 3.63) is 69.3 Å². The van der Waals surface area contributed by atoms with Crippen molar-refractivity contribution in [2.24, 2.45) is 0 Å². The molecule has 0 bridgehead atoms. The van der Waals surface area contributed by atoms with Crippen LogP contribution in [-0.2, 0) is 17.6 Å². The number of halogens is 1. The first-order valence-corrected chi connectivity index (χ1v) is 10.3. The molecule has 1 aromatic heterocycles. The van der Waals surface area contributed by atoms with E-state index in [1.165, 1.54) is 11.6 Å². The van der Waals surface area contributed by atoms with E-state index in [0.29, 0.717) is 22.4 Å². The molecule has 1 aliphatic carbocycles. The topological polar surface area (TPSA) is 65.8 Å². The van der Waals surface area contributed by atoms with Crippen LogP contribution >= 0.6 is 0 Å². The Kier molecular flexibility index (Phi) is 4.36. The van der Waals surface area contributed by atoms with E-state index in [4.69, 9.17) is 9.72 Å². The third-order valence-electron chi connectivity index (χ3n) is 6.81. The molecule has 2 unspecified atom stereocenters. The van der Waals surface area contributed by atoms with Gasteiger partial charge in [-0.25, -0.2) is 9.37 Å². The molecule has 3 heterocycles. The van der Waals surface area contributed by atoms with Gasteiger partial charge < -0.3 is 19.8 Å². The van der Waals surface area contributed by atoms with Gasteiger partial charge in [-0.15, -0.1) is 0 Å². The summed E-state index contributed by atoms with van der Waals surface area (Å²) in [7, 11) is 1.90. The molecule has 0 amide bonds. The standard InChI is InChI=1S/C24H25FN2O3/c1-11-14-6-5-7-15-12(2)22(26-19(21(14)15)9-18(11)25)20-8-16-17(13(3)27(20)4)10-30-24(29)23(16)28/h8-9,23-24,28-29H,3,5-7,10H2,1-2,4H3. The summed E-state index contributed by atoms with van der Waals surface area (Å²) in [5, 5.41) is 21.5. The van der Waals surface area contributed by atoms with Gasteiger partial charge in [0.25, 0.3) is 0 Å². The fourth-order valence-corrected chi connectivity index (χ4v) is 4.98. The van der Waals surface area contributed by atoms with Crippen LogP contribution in [0.4, 0.5) is 4.39 Å². The molecule has 0 radical (unpaired) electrons. The second kappa shape index (κ2) is 6.74. The van der Waals surface area contributed by atoms with E-state index in [1.807, 2.05) is 24.9 Å². The molecule has 5 nitrogen and oxygen atoms in total. The van der Waals surface area contributed by atoms with Crippen LogP contribution in [0.5, 0.6) is 0 Å². The predicted octanol–water partition coefficient (Wildman–Crippen LogP) is 3.29. The van der Waals surface area contributed by atoms with Gasteiger partial charge in [0.2, 0.25) is 0 Å². The number of ether oxygens (including phenoxy) is 1. The predicted molar refractivity (Wildman–Crippen MR) is 113 cm³/mol. The fraction of sp³-hybridized carbons (Fsp3) is 0.375. The lowest BCUT2D eigenvalue weighted by Crippen LogP contribution is -2.39. The molecule has 5 rings (SSSR count). The van der Waals surface area contributed by atoms with Gasteiger partial charge in [0, 0.05) is 29.8 Å². The van der Waals surface area contributed by atoms with Crippen molar-refractivity contribution < 1.29 is 19.3 Å². The summed E-state index contributed by atoms with van der Waals surface area (Å²) >= 11 is 0. The van der Waals surface area contributed by atoms with Gasteiger partial charge in [-0.1, -0.05) is 6.58 Å². The van der Waals surface area contributed by atoms with E-state index in [9.17, 15) is 14.6 Å². The Morgan fingerprint density at radius 3 is 2.63 bits per heavy atom. The molecular formula is C24H25FN2O3. The number of rotatable bonds is 1. The van der Waals surface area contributed by atoms with Crippen LogP contribution in [0.15, 0.2) is 35.6 Å². The monoisotopic (exact) mass is 408 g/mol. The van der Waals surface area contributed by atoms with Crippen LogP contribution in [-0.4, -0.2) is 46.1 Å². The van der Waals surface area contributed by atoms with Gasteiger partial charge in [0.05, 0.1) is 23.5 Å². The fourth-order valence-electron chi connectivity index (χ4n) is 4.98. The van der Waals surface area contributed by atoms with E-state index >= 15 is 0 Å². The van der Waals surface area contributed by atoms with Crippen LogP contribution in [0.2, 0.25) is 0 Å². The summed E-state index contributed by atoms with van der Waals surface area (Å²) < 4.78 is 19.9. The SMILES string of the molecule is C=C1C2=C(C=C(c3nc4cc(F)c(C)c5c4c(c3C)CCC5)N1C)C(O)C(O)OC2. The molecule has 0 saturated heterocycles. The second-order valence-corrected chi connectivity index (χ2v) is 8.39. The highest BCUT2D eigenvalue weighted by molar-refractivity contribution is 5.91.